The summed E-state index contributed by atoms with van der Waals surface area (Å²) in [5.41, 5.74) is 3.30. The molecule has 26 heavy (non-hydrogen) atoms. The zero-order chi connectivity index (χ0) is 18.4. The first-order chi connectivity index (χ1) is 12.7. The first-order valence-corrected chi connectivity index (χ1v) is 9.06. The zero-order valence-electron chi connectivity index (χ0n) is 15.1. The van der Waals surface area contributed by atoms with E-state index in [0.29, 0.717) is 13.1 Å². The molecule has 5 nitrogen and oxygen atoms in total. The highest BCUT2D eigenvalue weighted by molar-refractivity contribution is 5.87. The second kappa shape index (κ2) is 8.85. The molecule has 0 saturated carbocycles. The highest BCUT2D eigenvalue weighted by atomic mass is 16.5. The number of hydrogen-bond donors (Lipinski definition) is 3. The standard InChI is InChI=1S/C21H26N2O3/c1-26-19-9-7-16(8-10-19)21-13-17-5-2-3-6-20(17)23(21)15-18(25)14-22-11-4-12-24/h2-3,5-10,13,18,22,24-25H,4,11-12,14-15H2,1H3/p+1. The van der Waals surface area contributed by atoms with Gasteiger partial charge in [-0.05, 0) is 42.0 Å². The van der Waals surface area contributed by atoms with E-state index in [0.717, 1.165) is 40.9 Å². The average Bonchev–Trinajstić information content (AvgIpc) is 3.04. The van der Waals surface area contributed by atoms with Crippen molar-refractivity contribution in [2.24, 2.45) is 0 Å². The molecule has 0 saturated heterocycles. The van der Waals surface area contributed by atoms with E-state index in [1.165, 1.54) is 0 Å². The van der Waals surface area contributed by atoms with Crippen LogP contribution in [0.2, 0.25) is 0 Å². The van der Waals surface area contributed by atoms with Crippen LogP contribution in [0.1, 0.15) is 6.42 Å². The summed E-state index contributed by atoms with van der Waals surface area (Å²) in [5, 5.41) is 22.6. The molecule has 0 spiro atoms. The fourth-order valence-corrected chi connectivity index (χ4v) is 3.24. The molecule has 0 aliphatic rings. The maximum atomic E-state index is 10.5. The van der Waals surface area contributed by atoms with Crippen molar-refractivity contribution in [2.45, 2.75) is 19.1 Å². The number of para-hydroxylation sites is 1. The van der Waals surface area contributed by atoms with Crippen LogP contribution in [0.5, 0.6) is 5.75 Å². The fourth-order valence-electron chi connectivity index (χ4n) is 3.24. The van der Waals surface area contributed by atoms with Gasteiger partial charge in [-0.1, -0.05) is 18.2 Å². The van der Waals surface area contributed by atoms with Crippen LogP contribution in [0.4, 0.5) is 0 Å². The Labute approximate surface area is 153 Å². The van der Waals surface area contributed by atoms with E-state index < -0.39 is 6.10 Å². The SMILES string of the molecule is COc1ccc(-c2cc3ccccc3n2CC(O)C[NH2+]CCCO)cc1. The van der Waals surface area contributed by atoms with Crippen molar-refractivity contribution in [3.8, 4) is 17.0 Å². The molecule has 5 heteroatoms. The normalized spacial score (nSPS) is 12.4. The van der Waals surface area contributed by atoms with Crippen LogP contribution in [-0.4, -0.2) is 47.7 Å². The van der Waals surface area contributed by atoms with Crippen molar-refractivity contribution in [1.29, 1.82) is 0 Å². The Morgan fingerprint density at radius 2 is 1.88 bits per heavy atom. The third-order valence-electron chi connectivity index (χ3n) is 4.59. The minimum absolute atomic E-state index is 0.191. The molecule has 0 amide bonds. The second-order valence-corrected chi connectivity index (χ2v) is 6.47. The summed E-state index contributed by atoms with van der Waals surface area (Å²) in [4.78, 5) is 0. The van der Waals surface area contributed by atoms with Gasteiger partial charge in [0.2, 0.25) is 0 Å². The van der Waals surface area contributed by atoms with E-state index >= 15 is 0 Å². The van der Waals surface area contributed by atoms with Crippen LogP contribution in [-0.2, 0) is 6.54 Å². The van der Waals surface area contributed by atoms with Gasteiger partial charge in [-0.2, -0.15) is 0 Å². The lowest BCUT2D eigenvalue weighted by Gasteiger charge is -2.15. The number of aromatic nitrogens is 1. The number of aliphatic hydroxyl groups is 2. The lowest BCUT2D eigenvalue weighted by atomic mass is 10.1. The molecule has 0 fully saturated rings. The summed E-state index contributed by atoms with van der Waals surface area (Å²) in [5.74, 6) is 0.829. The first-order valence-electron chi connectivity index (χ1n) is 9.06. The maximum Gasteiger partial charge on any atom is 0.121 e. The van der Waals surface area contributed by atoms with E-state index in [1.807, 2.05) is 36.4 Å². The van der Waals surface area contributed by atoms with Gasteiger partial charge in [0.1, 0.15) is 18.4 Å². The number of quaternary nitrogens is 1. The smallest absolute Gasteiger partial charge is 0.121 e. The molecule has 0 aliphatic heterocycles. The van der Waals surface area contributed by atoms with E-state index in [-0.39, 0.29) is 6.61 Å². The van der Waals surface area contributed by atoms with Gasteiger partial charge in [-0.15, -0.1) is 0 Å². The highest BCUT2D eigenvalue weighted by Gasteiger charge is 2.15. The van der Waals surface area contributed by atoms with Crippen LogP contribution >= 0.6 is 0 Å². The number of ether oxygens (including phenoxy) is 1. The summed E-state index contributed by atoms with van der Waals surface area (Å²) in [6.07, 6.45) is 0.289. The minimum Gasteiger partial charge on any atom is -0.497 e. The number of fused-ring (bicyclic) bond motifs is 1. The lowest BCUT2D eigenvalue weighted by molar-refractivity contribution is -0.661. The van der Waals surface area contributed by atoms with Crippen LogP contribution < -0.4 is 10.1 Å². The molecule has 0 radical (unpaired) electrons. The Hall–Kier alpha value is -2.34. The monoisotopic (exact) mass is 355 g/mol. The Morgan fingerprint density at radius 3 is 2.62 bits per heavy atom. The van der Waals surface area contributed by atoms with Crippen LogP contribution in [0.3, 0.4) is 0 Å². The van der Waals surface area contributed by atoms with Crippen molar-refractivity contribution in [3.05, 3.63) is 54.6 Å². The third kappa shape index (κ3) is 4.25. The van der Waals surface area contributed by atoms with E-state index in [9.17, 15) is 5.11 Å². The van der Waals surface area contributed by atoms with Gasteiger partial charge >= 0.3 is 0 Å². The average molecular weight is 355 g/mol. The molecule has 0 aliphatic carbocycles. The van der Waals surface area contributed by atoms with Crippen molar-refractivity contribution >= 4 is 10.9 Å². The molecule has 1 unspecified atom stereocenters. The minimum atomic E-state index is -0.457. The summed E-state index contributed by atoms with van der Waals surface area (Å²) < 4.78 is 7.44. The fraction of sp³-hybridized carbons (Fsp3) is 0.333. The number of hydrogen-bond acceptors (Lipinski definition) is 3. The molecule has 4 N–H and O–H groups in total. The molecule has 0 bridgehead atoms. The maximum absolute atomic E-state index is 10.5. The van der Waals surface area contributed by atoms with Gasteiger partial charge in [0.05, 0.1) is 20.2 Å². The molecular weight excluding hydrogens is 328 g/mol. The van der Waals surface area contributed by atoms with Gasteiger partial charge in [0.25, 0.3) is 0 Å². The number of methoxy groups -OCH3 is 1. The van der Waals surface area contributed by atoms with Crippen molar-refractivity contribution in [1.82, 2.24) is 4.57 Å². The Balaban J connectivity index is 1.87. The van der Waals surface area contributed by atoms with Gasteiger partial charge in [0, 0.05) is 29.6 Å². The Bertz CT molecular complexity index is 827. The van der Waals surface area contributed by atoms with Crippen molar-refractivity contribution in [2.75, 3.05) is 26.8 Å². The zero-order valence-corrected chi connectivity index (χ0v) is 15.1. The van der Waals surface area contributed by atoms with Gasteiger partial charge in [0.15, 0.2) is 0 Å². The molecule has 3 aromatic rings. The predicted molar refractivity (Wildman–Crippen MR) is 103 cm³/mol. The topological polar surface area (TPSA) is 71.2 Å². The molecule has 3 rings (SSSR count). The molecule has 1 aromatic heterocycles. The predicted octanol–water partition coefficient (Wildman–Crippen LogP) is 1.62. The van der Waals surface area contributed by atoms with E-state index in [1.54, 1.807) is 7.11 Å². The third-order valence-corrected chi connectivity index (χ3v) is 4.59. The first kappa shape index (κ1) is 18.5. The second-order valence-electron chi connectivity index (χ2n) is 6.47. The lowest BCUT2D eigenvalue weighted by Crippen LogP contribution is -2.86. The van der Waals surface area contributed by atoms with Gasteiger partial charge < -0.3 is 24.8 Å². The largest absolute Gasteiger partial charge is 0.497 e. The highest BCUT2D eigenvalue weighted by Crippen LogP contribution is 2.29. The van der Waals surface area contributed by atoms with Crippen LogP contribution in [0.15, 0.2) is 54.6 Å². The number of benzene rings is 2. The van der Waals surface area contributed by atoms with Crippen LogP contribution in [0.25, 0.3) is 22.2 Å². The van der Waals surface area contributed by atoms with Gasteiger partial charge in [-0.3, -0.25) is 0 Å². The quantitative estimate of drug-likeness (QED) is 0.511. The van der Waals surface area contributed by atoms with Crippen LogP contribution in [0, 0.1) is 0 Å². The van der Waals surface area contributed by atoms with Crippen molar-refractivity contribution in [3.63, 3.8) is 0 Å². The summed E-state index contributed by atoms with van der Waals surface area (Å²) in [6.45, 7) is 2.17. The summed E-state index contributed by atoms with van der Waals surface area (Å²) in [7, 11) is 1.66. The molecular formula is C21H27N2O3+. The molecule has 2 aromatic carbocycles. The Morgan fingerprint density at radius 1 is 1.12 bits per heavy atom. The summed E-state index contributed by atoms with van der Waals surface area (Å²) in [6, 6.07) is 18.4. The molecule has 138 valence electrons. The molecule has 1 atom stereocenters. The summed E-state index contributed by atoms with van der Waals surface area (Å²) >= 11 is 0. The van der Waals surface area contributed by atoms with E-state index in [2.05, 4.69) is 28.1 Å². The molecule has 1 heterocycles. The number of rotatable bonds is 9. The number of nitrogens with two attached hydrogens (primary N) is 1. The van der Waals surface area contributed by atoms with Gasteiger partial charge in [-0.25, -0.2) is 0 Å². The number of nitrogens with zero attached hydrogens (tertiary/aromatic N) is 1. The van der Waals surface area contributed by atoms with Crippen molar-refractivity contribution < 1.29 is 20.3 Å². The Kier molecular flexibility index (Phi) is 6.28. The van der Waals surface area contributed by atoms with E-state index in [4.69, 9.17) is 9.84 Å². The number of aliphatic hydroxyl groups excluding tert-OH is 2.